The van der Waals surface area contributed by atoms with Crippen molar-refractivity contribution in [2.45, 2.75) is 40.5 Å². The van der Waals surface area contributed by atoms with Crippen molar-refractivity contribution in [3.05, 3.63) is 18.1 Å². The lowest BCUT2D eigenvalue weighted by Crippen LogP contribution is -2.22. The van der Waals surface area contributed by atoms with Gasteiger partial charge < -0.3 is 4.74 Å². The number of carbonyl (C=O) groups excluding carboxylic acids is 1. The van der Waals surface area contributed by atoms with Crippen LogP contribution in [0.1, 0.15) is 39.8 Å². The van der Waals surface area contributed by atoms with Gasteiger partial charge in [-0.05, 0) is 6.42 Å². The van der Waals surface area contributed by atoms with Gasteiger partial charge in [-0.25, -0.2) is 4.98 Å². The second kappa shape index (κ2) is 5.75. The summed E-state index contributed by atoms with van der Waals surface area (Å²) in [7, 11) is 0. The first-order valence-electron chi connectivity index (χ1n) is 5.90. The van der Waals surface area contributed by atoms with Gasteiger partial charge in [0, 0.05) is 11.6 Å². The van der Waals surface area contributed by atoms with Gasteiger partial charge in [0.15, 0.2) is 0 Å². The third kappa shape index (κ3) is 4.51. The Morgan fingerprint density at radius 2 is 2.06 bits per heavy atom. The van der Waals surface area contributed by atoms with E-state index in [0.717, 1.165) is 6.42 Å². The normalized spacial score (nSPS) is 11.3. The maximum atomic E-state index is 11.9. The number of ketones is 1. The summed E-state index contributed by atoms with van der Waals surface area (Å²) in [4.78, 5) is 20.1. The zero-order valence-electron chi connectivity index (χ0n) is 11.0. The fraction of sp³-hybridized carbons (Fsp3) is 0.615. The molecule has 1 heterocycles. The van der Waals surface area contributed by atoms with Crippen LogP contribution in [0, 0.1) is 5.41 Å². The number of nitrogens with zero attached hydrogens (tertiary/aromatic N) is 2. The molecule has 0 saturated carbocycles. The summed E-state index contributed by atoms with van der Waals surface area (Å²) in [6.45, 7) is 8.35. The molecule has 0 amide bonds. The van der Waals surface area contributed by atoms with Crippen molar-refractivity contribution < 1.29 is 9.53 Å². The van der Waals surface area contributed by atoms with E-state index in [1.165, 1.54) is 0 Å². The highest BCUT2D eigenvalue weighted by molar-refractivity contribution is 5.85. The second-order valence-electron chi connectivity index (χ2n) is 5.05. The molecule has 0 N–H and O–H groups in total. The van der Waals surface area contributed by atoms with Crippen molar-refractivity contribution in [3.63, 3.8) is 0 Å². The van der Waals surface area contributed by atoms with Crippen molar-refractivity contribution in [2.75, 3.05) is 6.61 Å². The van der Waals surface area contributed by atoms with E-state index in [0.29, 0.717) is 24.6 Å². The molecule has 1 aromatic rings. The maximum absolute atomic E-state index is 11.9. The lowest BCUT2D eigenvalue weighted by molar-refractivity contribution is -0.125. The molecule has 0 fully saturated rings. The topological polar surface area (TPSA) is 52.1 Å². The third-order valence-electron chi connectivity index (χ3n) is 2.29. The van der Waals surface area contributed by atoms with Crippen LogP contribution in [0.2, 0.25) is 0 Å². The Morgan fingerprint density at radius 1 is 1.35 bits per heavy atom. The van der Waals surface area contributed by atoms with Gasteiger partial charge in [0.2, 0.25) is 5.88 Å². The third-order valence-corrected chi connectivity index (χ3v) is 2.29. The highest BCUT2D eigenvalue weighted by Crippen LogP contribution is 2.17. The first kappa shape index (κ1) is 13.6. The summed E-state index contributed by atoms with van der Waals surface area (Å²) >= 11 is 0. The summed E-state index contributed by atoms with van der Waals surface area (Å²) in [6.07, 6.45) is 4.41. The van der Waals surface area contributed by atoms with Crippen LogP contribution in [0.3, 0.4) is 0 Å². The summed E-state index contributed by atoms with van der Waals surface area (Å²) in [5.74, 6) is 0.644. The molecule has 4 nitrogen and oxygen atoms in total. The number of carbonyl (C=O) groups is 1. The first-order chi connectivity index (χ1) is 7.93. The number of ether oxygens (including phenoxy) is 1. The van der Waals surface area contributed by atoms with Crippen LogP contribution in [-0.4, -0.2) is 22.4 Å². The minimum Gasteiger partial charge on any atom is -0.477 e. The molecule has 94 valence electrons. The average molecular weight is 236 g/mol. The zero-order valence-corrected chi connectivity index (χ0v) is 11.0. The molecule has 1 aromatic heterocycles. The van der Waals surface area contributed by atoms with Crippen LogP contribution in [0.25, 0.3) is 0 Å². The van der Waals surface area contributed by atoms with E-state index < -0.39 is 0 Å². The van der Waals surface area contributed by atoms with E-state index >= 15 is 0 Å². The summed E-state index contributed by atoms with van der Waals surface area (Å²) in [5.41, 5.74) is 0.320. The number of rotatable bonds is 5. The molecule has 0 aliphatic carbocycles. The van der Waals surface area contributed by atoms with Gasteiger partial charge in [-0.2, -0.15) is 0 Å². The fourth-order valence-electron chi connectivity index (χ4n) is 1.18. The Labute approximate surface area is 102 Å². The van der Waals surface area contributed by atoms with Crippen molar-refractivity contribution >= 4 is 5.78 Å². The van der Waals surface area contributed by atoms with Crippen molar-refractivity contribution in [3.8, 4) is 5.88 Å². The minimum absolute atomic E-state index is 0.152. The maximum Gasteiger partial charge on any atom is 0.232 e. The molecular formula is C13H20N2O2. The Hall–Kier alpha value is -1.45. The van der Waals surface area contributed by atoms with Gasteiger partial charge in [0.1, 0.15) is 5.78 Å². The SMILES string of the molecule is CCCOc1cncc(CC(=O)C(C)(C)C)n1. The van der Waals surface area contributed by atoms with Gasteiger partial charge in [-0.1, -0.05) is 27.7 Å². The number of hydrogen-bond acceptors (Lipinski definition) is 4. The molecular weight excluding hydrogens is 216 g/mol. The van der Waals surface area contributed by atoms with Gasteiger partial charge in [-0.15, -0.1) is 0 Å². The molecule has 0 aromatic carbocycles. The fourth-order valence-corrected chi connectivity index (χ4v) is 1.18. The molecule has 0 saturated heterocycles. The number of aromatic nitrogens is 2. The molecule has 0 aliphatic heterocycles. The van der Waals surface area contributed by atoms with Crippen LogP contribution in [0.5, 0.6) is 5.88 Å². The minimum atomic E-state index is -0.345. The second-order valence-corrected chi connectivity index (χ2v) is 5.05. The highest BCUT2D eigenvalue weighted by Gasteiger charge is 2.21. The summed E-state index contributed by atoms with van der Waals surface area (Å²) in [6, 6.07) is 0. The van der Waals surface area contributed by atoms with E-state index in [-0.39, 0.29) is 11.2 Å². The monoisotopic (exact) mass is 236 g/mol. The summed E-state index contributed by atoms with van der Waals surface area (Å²) < 4.78 is 5.38. The Kier molecular flexibility index (Phi) is 4.61. The molecule has 0 spiro atoms. The molecule has 0 unspecified atom stereocenters. The van der Waals surface area contributed by atoms with Crippen LogP contribution in [0.15, 0.2) is 12.4 Å². The Bertz CT molecular complexity index is 383. The smallest absolute Gasteiger partial charge is 0.232 e. The molecule has 1 rings (SSSR count). The van der Waals surface area contributed by atoms with Crippen molar-refractivity contribution in [1.82, 2.24) is 9.97 Å². The molecule has 0 radical (unpaired) electrons. The van der Waals surface area contributed by atoms with Crippen LogP contribution in [-0.2, 0) is 11.2 Å². The van der Waals surface area contributed by atoms with E-state index in [2.05, 4.69) is 9.97 Å². The van der Waals surface area contributed by atoms with E-state index in [4.69, 9.17) is 4.74 Å². The standard InChI is InChI=1S/C13H20N2O2/c1-5-6-17-12-9-14-8-10(15-12)7-11(16)13(2,3)4/h8-9H,5-7H2,1-4H3. The average Bonchev–Trinajstić information content (AvgIpc) is 2.25. The lowest BCUT2D eigenvalue weighted by Gasteiger charge is -2.16. The summed E-state index contributed by atoms with van der Waals surface area (Å²) in [5, 5.41) is 0. The van der Waals surface area contributed by atoms with Crippen molar-refractivity contribution in [2.24, 2.45) is 5.41 Å². The Balaban J connectivity index is 2.69. The van der Waals surface area contributed by atoms with Gasteiger partial charge in [0.25, 0.3) is 0 Å². The van der Waals surface area contributed by atoms with Crippen LogP contribution < -0.4 is 4.74 Å². The van der Waals surface area contributed by atoms with Crippen molar-refractivity contribution in [1.29, 1.82) is 0 Å². The molecule has 17 heavy (non-hydrogen) atoms. The highest BCUT2D eigenvalue weighted by atomic mass is 16.5. The molecule has 0 aliphatic rings. The van der Waals surface area contributed by atoms with Gasteiger partial charge >= 0.3 is 0 Å². The van der Waals surface area contributed by atoms with Gasteiger partial charge in [0.05, 0.1) is 24.9 Å². The van der Waals surface area contributed by atoms with E-state index in [1.54, 1.807) is 12.4 Å². The van der Waals surface area contributed by atoms with Crippen LogP contribution >= 0.6 is 0 Å². The number of hydrogen-bond donors (Lipinski definition) is 0. The predicted octanol–water partition coefficient (Wildman–Crippen LogP) is 2.42. The van der Waals surface area contributed by atoms with E-state index in [1.807, 2.05) is 27.7 Å². The number of Topliss-reactive ketones (excluding diaryl/α,β-unsaturated/α-hetero) is 1. The predicted molar refractivity (Wildman–Crippen MR) is 66.0 cm³/mol. The lowest BCUT2D eigenvalue weighted by atomic mass is 9.88. The van der Waals surface area contributed by atoms with E-state index in [9.17, 15) is 4.79 Å². The first-order valence-corrected chi connectivity index (χ1v) is 5.90. The zero-order chi connectivity index (χ0) is 12.9. The Morgan fingerprint density at radius 3 is 2.65 bits per heavy atom. The molecule has 0 bridgehead atoms. The molecule has 4 heteroatoms. The quantitative estimate of drug-likeness (QED) is 0.787. The molecule has 0 atom stereocenters. The largest absolute Gasteiger partial charge is 0.477 e. The van der Waals surface area contributed by atoms with Crippen LogP contribution in [0.4, 0.5) is 0 Å². The van der Waals surface area contributed by atoms with Gasteiger partial charge in [-0.3, -0.25) is 9.78 Å².